The maximum absolute atomic E-state index is 10.2. The normalized spacial score (nSPS) is 8.36. The van der Waals surface area contributed by atoms with Crippen molar-refractivity contribution in [1.82, 2.24) is 0 Å². The van der Waals surface area contributed by atoms with E-state index in [1.165, 1.54) is 24.3 Å². The molecule has 0 fully saturated rings. The second-order valence-electron chi connectivity index (χ2n) is 1.85. The minimum atomic E-state index is -0.986. The van der Waals surface area contributed by atoms with E-state index in [2.05, 4.69) is 0 Å². The number of hydrogen-bond donors (Lipinski definition) is 2. The fourth-order valence-corrected chi connectivity index (χ4v) is 0.604. The Morgan fingerprint density at radius 3 is 2.00 bits per heavy atom. The molecule has 0 aromatic heterocycles. The van der Waals surface area contributed by atoms with Crippen LogP contribution >= 0.6 is 0 Å². The summed E-state index contributed by atoms with van der Waals surface area (Å²) in [6.07, 6.45) is 0. The predicted molar refractivity (Wildman–Crippen MR) is 35.1 cm³/mol. The standard InChI is InChI=1S/C7H6O3.Zn/c8-6-3-1-5(2-4-6)7(9)10;/h1-4,8H,(H,9,10);. The van der Waals surface area contributed by atoms with E-state index >= 15 is 0 Å². The van der Waals surface area contributed by atoms with E-state index in [9.17, 15) is 4.79 Å². The van der Waals surface area contributed by atoms with Crippen molar-refractivity contribution in [2.24, 2.45) is 0 Å². The van der Waals surface area contributed by atoms with Gasteiger partial charge in [-0.3, -0.25) is 0 Å². The maximum Gasteiger partial charge on any atom is 0.335 e. The van der Waals surface area contributed by atoms with E-state index in [4.69, 9.17) is 10.2 Å². The van der Waals surface area contributed by atoms with Gasteiger partial charge in [-0.1, -0.05) is 0 Å². The predicted octanol–water partition coefficient (Wildman–Crippen LogP) is 1.09. The van der Waals surface area contributed by atoms with Crippen LogP contribution in [0.3, 0.4) is 0 Å². The number of benzene rings is 1. The molecule has 1 aromatic carbocycles. The minimum absolute atomic E-state index is 0. The number of phenolic OH excluding ortho intramolecular Hbond substituents is 1. The summed E-state index contributed by atoms with van der Waals surface area (Å²) in [5.74, 6) is -0.912. The molecule has 0 radical (unpaired) electrons. The number of phenols is 1. The molecule has 0 bridgehead atoms. The number of rotatable bonds is 1. The molecule has 0 aliphatic carbocycles. The summed E-state index contributed by atoms with van der Waals surface area (Å²) in [4.78, 5) is 10.2. The third-order valence-corrected chi connectivity index (χ3v) is 1.11. The van der Waals surface area contributed by atoms with Crippen LogP contribution in [0.2, 0.25) is 0 Å². The van der Waals surface area contributed by atoms with Gasteiger partial charge in [-0.25, -0.2) is 4.79 Å². The van der Waals surface area contributed by atoms with E-state index < -0.39 is 5.97 Å². The first-order valence-corrected chi connectivity index (χ1v) is 2.72. The van der Waals surface area contributed by atoms with Crippen LogP contribution in [0.1, 0.15) is 10.4 Å². The molecule has 0 saturated carbocycles. The van der Waals surface area contributed by atoms with E-state index in [0.29, 0.717) is 0 Å². The average molecular weight is 204 g/mol. The van der Waals surface area contributed by atoms with Gasteiger partial charge < -0.3 is 10.2 Å². The summed E-state index contributed by atoms with van der Waals surface area (Å²) in [6.45, 7) is 0. The van der Waals surface area contributed by atoms with Crippen LogP contribution in [0.5, 0.6) is 5.75 Å². The first-order chi connectivity index (χ1) is 4.70. The number of aromatic carboxylic acids is 1. The van der Waals surface area contributed by atoms with Crippen LogP contribution in [0.25, 0.3) is 0 Å². The Labute approximate surface area is 76.4 Å². The topological polar surface area (TPSA) is 57.5 Å². The van der Waals surface area contributed by atoms with E-state index in [0.717, 1.165) is 0 Å². The van der Waals surface area contributed by atoms with Gasteiger partial charge >= 0.3 is 5.97 Å². The van der Waals surface area contributed by atoms with E-state index in [1.807, 2.05) is 0 Å². The Bertz CT molecular complexity index is 242. The smallest absolute Gasteiger partial charge is 0.335 e. The second-order valence-corrected chi connectivity index (χ2v) is 1.85. The summed E-state index contributed by atoms with van der Waals surface area (Å²) in [7, 11) is 0. The fourth-order valence-electron chi connectivity index (χ4n) is 0.604. The fraction of sp³-hybridized carbons (Fsp3) is 0. The van der Waals surface area contributed by atoms with Crippen LogP contribution in [0, 0.1) is 0 Å². The number of carboxylic acids is 1. The molecule has 11 heavy (non-hydrogen) atoms. The zero-order valence-corrected chi connectivity index (χ0v) is 8.79. The van der Waals surface area contributed by atoms with Crippen LogP contribution in [-0.2, 0) is 19.5 Å². The quantitative estimate of drug-likeness (QED) is 0.672. The van der Waals surface area contributed by atoms with Gasteiger partial charge in [-0.05, 0) is 24.3 Å². The van der Waals surface area contributed by atoms with Crippen molar-refractivity contribution in [1.29, 1.82) is 0 Å². The van der Waals surface area contributed by atoms with Gasteiger partial charge in [0.05, 0.1) is 5.56 Å². The Hall–Kier alpha value is -0.887. The van der Waals surface area contributed by atoms with Crippen molar-refractivity contribution >= 4 is 5.97 Å². The molecule has 0 heterocycles. The summed E-state index contributed by atoms with van der Waals surface area (Å²) < 4.78 is 0. The molecular weight excluding hydrogens is 197 g/mol. The van der Waals surface area contributed by atoms with Crippen molar-refractivity contribution in [3.8, 4) is 5.75 Å². The molecule has 0 unspecified atom stereocenters. The molecule has 54 valence electrons. The van der Waals surface area contributed by atoms with Crippen LogP contribution < -0.4 is 0 Å². The van der Waals surface area contributed by atoms with Gasteiger partial charge in [0, 0.05) is 19.5 Å². The van der Waals surface area contributed by atoms with Crippen LogP contribution in [0.4, 0.5) is 0 Å². The zero-order chi connectivity index (χ0) is 7.56. The summed E-state index contributed by atoms with van der Waals surface area (Å²) in [6, 6.07) is 5.36. The number of hydrogen-bond acceptors (Lipinski definition) is 2. The Morgan fingerprint density at radius 1 is 1.18 bits per heavy atom. The van der Waals surface area contributed by atoms with Crippen molar-refractivity contribution < 1.29 is 34.5 Å². The third kappa shape index (κ3) is 2.68. The number of carboxylic acid groups (broad SMARTS) is 1. The van der Waals surface area contributed by atoms with Crippen molar-refractivity contribution in [3.63, 3.8) is 0 Å². The Kier molecular flexibility index (Phi) is 3.76. The van der Waals surface area contributed by atoms with Crippen molar-refractivity contribution in [2.75, 3.05) is 0 Å². The molecule has 0 spiro atoms. The molecule has 3 nitrogen and oxygen atoms in total. The molecule has 0 aliphatic heterocycles. The van der Waals surface area contributed by atoms with Crippen molar-refractivity contribution in [3.05, 3.63) is 29.8 Å². The first kappa shape index (κ1) is 10.1. The molecule has 1 aromatic rings. The number of aromatic hydroxyl groups is 1. The molecule has 0 atom stereocenters. The van der Waals surface area contributed by atoms with Crippen LogP contribution in [-0.4, -0.2) is 16.2 Å². The minimum Gasteiger partial charge on any atom is -0.508 e. The van der Waals surface area contributed by atoms with Gasteiger partial charge in [0.15, 0.2) is 0 Å². The molecule has 0 amide bonds. The Morgan fingerprint density at radius 2 is 1.64 bits per heavy atom. The summed E-state index contributed by atoms with van der Waals surface area (Å²) >= 11 is 0. The van der Waals surface area contributed by atoms with Crippen LogP contribution in [0.15, 0.2) is 24.3 Å². The zero-order valence-electron chi connectivity index (χ0n) is 5.82. The largest absolute Gasteiger partial charge is 0.508 e. The van der Waals surface area contributed by atoms with E-state index in [1.54, 1.807) is 0 Å². The molecule has 0 aliphatic rings. The molecular formula is C7H6O3Zn. The summed E-state index contributed by atoms with van der Waals surface area (Å²) in [5.41, 5.74) is 0.179. The summed E-state index contributed by atoms with van der Waals surface area (Å²) in [5, 5.41) is 17.1. The maximum atomic E-state index is 10.2. The van der Waals surface area contributed by atoms with Gasteiger partial charge in [0.1, 0.15) is 5.75 Å². The monoisotopic (exact) mass is 202 g/mol. The van der Waals surface area contributed by atoms with Gasteiger partial charge in [-0.2, -0.15) is 0 Å². The molecule has 1 rings (SSSR count). The van der Waals surface area contributed by atoms with Crippen molar-refractivity contribution in [2.45, 2.75) is 0 Å². The first-order valence-electron chi connectivity index (χ1n) is 2.72. The average Bonchev–Trinajstić information content (AvgIpc) is 1.88. The van der Waals surface area contributed by atoms with Gasteiger partial charge in [0.25, 0.3) is 0 Å². The van der Waals surface area contributed by atoms with Gasteiger partial charge in [0.2, 0.25) is 0 Å². The second kappa shape index (κ2) is 4.09. The SMILES string of the molecule is O=C(O)c1ccc(O)cc1.[Zn]. The molecule has 0 saturated heterocycles. The Balaban J connectivity index is 0.000001000. The molecule has 2 N–H and O–H groups in total. The van der Waals surface area contributed by atoms with E-state index in [-0.39, 0.29) is 30.8 Å². The van der Waals surface area contributed by atoms with Gasteiger partial charge in [-0.15, -0.1) is 0 Å². The number of carbonyl (C=O) groups is 1. The molecule has 4 heteroatoms. The third-order valence-electron chi connectivity index (χ3n) is 1.11.